The van der Waals surface area contributed by atoms with Gasteiger partial charge in [0, 0.05) is 5.56 Å². The highest BCUT2D eigenvalue weighted by Crippen LogP contribution is 2.22. The molecule has 3 rings (SSSR count). The van der Waals surface area contributed by atoms with Gasteiger partial charge in [-0.05, 0) is 36.6 Å². The monoisotopic (exact) mass is 353 g/mol. The van der Waals surface area contributed by atoms with E-state index in [1.54, 1.807) is 18.4 Å². The Labute approximate surface area is 139 Å². The highest BCUT2D eigenvalue weighted by atomic mass is 35.5. The van der Waals surface area contributed by atoms with Gasteiger partial charge >= 0.3 is 0 Å². The van der Waals surface area contributed by atoms with Crippen LogP contribution in [0.15, 0.2) is 34.4 Å². The van der Waals surface area contributed by atoms with E-state index in [0.717, 1.165) is 4.68 Å². The van der Waals surface area contributed by atoms with Crippen LogP contribution in [-0.4, -0.2) is 15.6 Å². The number of fused-ring (bicyclic) bond motifs is 1. The van der Waals surface area contributed by atoms with Crippen LogP contribution in [0.3, 0.4) is 0 Å². The molecule has 3 aromatic rings. The summed E-state index contributed by atoms with van der Waals surface area (Å²) in [6, 6.07) is 6.17. The van der Waals surface area contributed by atoms with Crippen molar-refractivity contribution in [2.75, 3.05) is 5.43 Å². The maximum absolute atomic E-state index is 12.4. The van der Waals surface area contributed by atoms with Crippen molar-refractivity contribution in [3.63, 3.8) is 0 Å². The number of amides is 1. The Balaban J connectivity index is 2.00. The second-order valence-corrected chi connectivity index (χ2v) is 6.22. The second-order valence-electron chi connectivity index (χ2n) is 4.51. The number of rotatable bonds is 2. The number of benzene rings is 1. The Kier molecular flexibility index (Phi) is 3.90. The molecule has 0 aliphatic carbocycles. The Morgan fingerprint density at radius 3 is 2.77 bits per heavy atom. The summed E-state index contributed by atoms with van der Waals surface area (Å²) in [5, 5.41) is 2.87. The largest absolute Gasteiger partial charge is 0.281 e. The fourth-order valence-electron chi connectivity index (χ4n) is 1.95. The van der Waals surface area contributed by atoms with Crippen molar-refractivity contribution in [3.8, 4) is 0 Å². The SMILES string of the molecule is Cc1nc2sccc2c(=O)n1NC(=O)c1ccc(Cl)c(Cl)c1. The molecule has 0 saturated heterocycles. The molecule has 0 bridgehead atoms. The molecule has 0 atom stereocenters. The van der Waals surface area contributed by atoms with Crippen molar-refractivity contribution in [2.24, 2.45) is 0 Å². The van der Waals surface area contributed by atoms with Gasteiger partial charge in [-0.1, -0.05) is 23.2 Å². The minimum atomic E-state index is -0.472. The van der Waals surface area contributed by atoms with Crippen LogP contribution in [0.4, 0.5) is 0 Å². The zero-order valence-electron chi connectivity index (χ0n) is 11.3. The average molecular weight is 354 g/mol. The zero-order chi connectivity index (χ0) is 15.9. The van der Waals surface area contributed by atoms with E-state index in [1.165, 1.54) is 29.5 Å². The molecule has 112 valence electrons. The van der Waals surface area contributed by atoms with Crippen LogP contribution in [0.1, 0.15) is 16.2 Å². The molecule has 2 aromatic heterocycles. The first-order valence-electron chi connectivity index (χ1n) is 6.20. The first-order valence-corrected chi connectivity index (χ1v) is 7.84. The number of aryl methyl sites for hydroxylation is 1. The van der Waals surface area contributed by atoms with Crippen molar-refractivity contribution in [2.45, 2.75) is 6.92 Å². The zero-order valence-corrected chi connectivity index (χ0v) is 13.6. The van der Waals surface area contributed by atoms with Crippen LogP contribution in [0, 0.1) is 6.92 Å². The van der Waals surface area contributed by atoms with E-state index in [4.69, 9.17) is 23.2 Å². The summed E-state index contributed by atoms with van der Waals surface area (Å²) in [5.41, 5.74) is 2.50. The second kappa shape index (κ2) is 5.72. The molecule has 2 heterocycles. The number of hydrogen-bond donors (Lipinski definition) is 1. The number of carbonyl (C=O) groups excluding carboxylic acids is 1. The molecule has 0 radical (unpaired) electrons. The van der Waals surface area contributed by atoms with E-state index in [1.807, 2.05) is 0 Å². The number of nitrogens with one attached hydrogen (secondary N) is 1. The van der Waals surface area contributed by atoms with E-state index in [9.17, 15) is 9.59 Å². The molecule has 0 aliphatic rings. The number of thiophene rings is 1. The maximum Gasteiger partial charge on any atom is 0.281 e. The molecule has 0 aliphatic heterocycles. The standard InChI is InChI=1S/C14H9Cl2N3O2S/c1-7-17-13-9(4-5-22-13)14(21)19(7)18-12(20)8-2-3-10(15)11(16)6-8/h2-6H,1H3,(H,18,20). The maximum atomic E-state index is 12.4. The highest BCUT2D eigenvalue weighted by Gasteiger charge is 2.13. The third-order valence-electron chi connectivity index (χ3n) is 3.06. The van der Waals surface area contributed by atoms with E-state index in [2.05, 4.69) is 10.4 Å². The predicted molar refractivity (Wildman–Crippen MR) is 88.8 cm³/mol. The summed E-state index contributed by atoms with van der Waals surface area (Å²) in [6.07, 6.45) is 0. The van der Waals surface area contributed by atoms with E-state index < -0.39 is 5.91 Å². The van der Waals surface area contributed by atoms with Gasteiger partial charge in [-0.3, -0.25) is 15.0 Å². The quantitative estimate of drug-likeness (QED) is 0.767. The molecule has 22 heavy (non-hydrogen) atoms. The summed E-state index contributed by atoms with van der Waals surface area (Å²) >= 11 is 13.1. The first-order chi connectivity index (χ1) is 10.5. The molecule has 8 heteroatoms. The molecule has 5 nitrogen and oxygen atoms in total. The average Bonchev–Trinajstić information content (AvgIpc) is 2.94. The van der Waals surface area contributed by atoms with Gasteiger partial charge in [0.05, 0.1) is 15.4 Å². The third kappa shape index (κ3) is 2.61. The Bertz CT molecular complexity index is 949. The van der Waals surface area contributed by atoms with Crippen molar-refractivity contribution in [3.05, 3.63) is 61.4 Å². The fourth-order valence-corrected chi connectivity index (χ4v) is 3.05. The van der Waals surface area contributed by atoms with E-state index >= 15 is 0 Å². The summed E-state index contributed by atoms with van der Waals surface area (Å²) in [5.74, 6) is -0.0755. The first kappa shape index (κ1) is 15.0. The molecule has 1 N–H and O–H groups in total. The lowest BCUT2D eigenvalue weighted by molar-refractivity contribution is 0.101. The van der Waals surface area contributed by atoms with E-state index in [-0.39, 0.29) is 10.6 Å². The van der Waals surface area contributed by atoms with Gasteiger partial charge < -0.3 is 0 Å². The lowest BCUT2D eigenvalue weighted by Crippen LogP contribution is -2.35. The molecule has 1 amide bonds. The minimum Gasteiger partial charge on any atom is -0.267 e. The Morgan fingerprint density at radius 2 is 2.05 bits per heavy atom. The summed E-state index contributed by atoms with van der Waals surface area (Å²) in [4.78, 5) is 29.6. The van der Waals surface area contributed by atoms with Crippen LogP contribution in [0.25, 0.3) is 10.2 Å². The predicted octanol–water partition coefficient (Wildman–Crippen LogP) is 3.46. The number of aromatic nitrogens is 2. The molecular weight excluding hydrogens is 345 g/mol. The minimum absolute atomic E-state index is 0.268. The van der Waals surface area contributed by atoms with Gasteiger partial charge in [0.1, 0.15) is 10.7 Å². The smallest absolute Gasteiger partial charge is 0.267 e. The van der Waals surface area contributed by atoms with Crippen molar-refractivity contribution < 1.29 is 4.79 Å². The lowest BCUT2D eigenvalue weighted by Gasteiger charge is -2.11. The summed E-state index contributed by atoms with van der Waals surface area (Å²) in [7, 11) is 0. The summed E-state index contributed by atoms with van der Waals surface area (Å²) < 4.78 is 1.12. The van der Waals surface area contributed by atoms with Gasteiger partial charge in [0.15, 0.2) is 0 Å². The van der Waals surface area contributed by atoms with E-state index in [0.29, 0.717) is 26.6 Å². The van der Waals surface area contributed by atoms with Gasteiger partial charge in [-0.2, -0.15) is 0 Å². The van der Waals surface area contributed by atoms with Crippen LogP contribution in [0.2, 0.25) is 10.0 Å². The van der Waals surface area contributed by atoms with Gasteiger partial charge in [-0.25, -0.2) is 9.66 Å². The number of carbonyl (C=O) groups is 1. The van der Waals surface area contributed by atoms with Crippen molar-refractivity contribution >= 4 is 50.7 Å². The van der Waals surface area contributed by atoms with Crippen LogP contribution < -0.4 is 11.0 Å². The van der Waals surface area contributed by atoms with Crippen LogP contribution >= 0.6 is 34.5 Å². The number of halogens is 2. The molecular formula is C14H9Cl2N3O2S. The molecule has 1 aromatic carbocycles. The molecule has 0 spiro atoms. The Morgan fingerprint density at radius 1 is 1.27 bits per heavy atom. The fraction of sp³-hybridized carbons (Fsp3) is 0.0714. The van der Waals surface area contributed by atoms with Gasteiger partial charge in [0.2, 0.25) is 0 Å². The number of nitrogens with zero attached hydrogens (tertiary/aromatic N) is 2. The van der Waals surface area contributed by atoms with Gasteiger partial charge in [-0.15, -0.1) is 11.3 Å². The normalized spacial score (nSPS) is 10.9. The van der Waals surface area contributed by atoms with Crippen molar-refractivity contribution in [1.82, 2.24) is 9.66 Å². The molecule has 0 unspecified atom stereocenters. The van der Waals surface area contributed by atoms with Crippen LogP contribution in [0.5, 0.6) is 0 Å². The topological polar surface area (TPSA) is 64.0 Å². The molecule has 0 saturated carbocycles. The number of hydrogen-bond acceptors (Lipinski definition) is 4. The molecule has 0 fully saturated rings. The van der Waals surface area contributed by atoms with Crippen LogP contribution in [-0.2, 0) is 0 Å². The third-order valence-corrected chi connectivity index (χ3v) is 4.61. The Hall–Kier alpha value is -1.89. The summed E-state index contributed by atoms with van der Waals surface area (Å²) in [6.45, 7) is 1.65. The van der Waals surface area contributed by atoms with Crippen molar-refractivity contribution in [1.29, 1.82) is 0 Å². The highest BCUT2D eigenvalue weighted by molar-refractivity contribution is 7.16. The lowest BCUT2D eigenvalue weighted by atomic mass is 10.2. The van der Waals surface area contributed by atoms with Gasteiger partial charge in [0.25, 0.3) is 11.5 Å².